The SMILES string of the molecule is CC(C)(C)Cc1ccc(OC2CN(C3CN(C(C)(C)C)C3)C2)cc1. The second-order valence-electron chi connectivity index (χ2n) is 9.80. The van der Waals surface area contributed by atoms with E-state index >= 15 is 0 Å². The summed E-state index contributed by atoms with van der Waals surface area (Å²) in [6, 6.07) is 9.43. The lowest BCUT2D eigenvalue weighted by Gasteiger charge is -2.55. The summed E-state index contributed by atoms with van der Waals surface area (Å²) in [6.45, 7) is 18.3. The molecule has 2 aliphatic rings. The first-order valence-corrected chi connectivity index (χ1v) is 9.35. The highest BCUT2D eigenvalue weighted by Crippen LogP contribution is 2.29. The van der Waals surface area contributed by atoms with Gasteiger partial charge in [0.1, 0.15) is 11.9 Å². The molecule has 0 unspecified atom stereocenters. The third kappa shape index (κ3) is 4.31. The van der Waals surface area contributed by atoms with Crippen LogP contribution in [0.2, 0.25) is 0 Å². The van der Waals surface area contributed by atoms with Crippen molar-refractivity contribution < 1.29 is 4.74 Å². The van der Waals surface area contributed by atoms with Crippen molar-refractivity contribution in [2.75, 3.05) is 26.2 Å². The summed E-state index contributed by atoms with van der Waals surface area (Å²) in [4.78, 5) is 5.13. The maximum absolute atomic E-state index is 6.12. The molecule has 2 aliphatic heterocycles. The second kappa shape index (κ2) is 6.34. The van der Waals surface area contributed by atoms with Crippen LogP contribution < -0.4 is 4.74 Å². The molecule has 24 heavy (non-hydrogen) atoms. The van der Waals surface area contributed by atoms with Crippen molar-refractivity contribution in [1.29, 1.82) is 0 Å². The Morgan fingerprint density at radius 1 is 0.917 bits per heavy atom. The van der Waals surface area contributed by atoms with Gasteiger partial charge in [0.15, 0.2) is 0 Å². The van der Waals surface area contributed by atoms with Gasteiger partial charge in [0, 0.05) is 37.8 Å². The van der Waals surface area contributed by atoms with E-state index in [9.17, 15) is 0 Å². The molecule has 0 radical (unpaired) electrons. The van der Waals surface area contributed by atoms with Crippen LogP contribution >= 0.6 is 0 Å². The molecule has 134 valence electrons. The summed E-state index contributed by atoms with van der Waals surface area (Å²) in [5.41, 5.74) is 2.04. The van der Waals surface area contributed by atoms with Crippen LogP contribution in [0.25, 0.3) is 0 Å². The predicted octanol–water partition coefficient (Wildman–Crippen LogP) is 3.82. The number of hydrogen-bond donors (Lipinski definition) is 0. The zero-order valence-corrected chi connectivity index (χ0v) is 16.3. The number of likely N-dealkylation sites (tertiary alicyclic amines) is 2. The standard InChI is InChI=1S/C21H34N2O/c1-20(2,3)11-16-7-9-18(10-8-16)24-19-14-22(15-19)17-12-23(13-17)21(4,5)6/h7-10,17,19H,11-15H2,1-6H3. The molecule has 0 N–H and O–H groups in total. The van der Waals surface area contributed by atoms with E-state index in [-0.39, 0.29) is 0 Å². The monoisotopic (exact) mass is 330 g/mol. The first kappa shape index (κ1) is 17.8. The summed E-state index contributed by atoms with van der Waals surface area (Å²) >= 11 is 0. The van der Waals surface area contributed by atoms with Crippen LogP contribution in [0, 0.1) is 5.41 Å². The third-order valence-electron chi connectivity index (χ3n) is 5.16. The molecule has 2 fully saturated rings. The Bertz CT molecular complexity index is 541. The molecule has 0 aromatic heterocycles. The number of ether oxygens (including phenoxy) is 1. The maximum atomic E-state index is 6.12. The zero-order valence-electron chi connectivity index (χ0n) is 16.3. The average Bonchev–Trinajstić information content (AvgIpc) is 2.32. The van der Waals surface area contributed by atoms with E-state index in [0.29, 0.717) is 17.1 Å². The lowest BCUT2D eigenvalue weighted by atomic mass is 9.88. The molecular weight excluding hydrogens is 296 g/mol. The molecule has 3 rings (SSSR count). The fourth-order valence-corrected chi connectivity index (χ4v) is 3.57. The molecule has 0 amide bonds. The highest BCUT2D eigenvalue weighted by Gasteiger charge is 2.42. The minimum absolute atomic E-state index is 0.312. The Kier molecular flexibility index (Phi) is 4.69. The van der Waals surface area contributed by atoms with Crippen molar-refractivity contribution in [1.82, 2.24) is 9.80 Å². The average molecular weight is 331 g/mol. The normalized spacial score (nSPS) is 21.4. The smallest absolute Gasteiger partial charge is 0.124 e. The largest absolute Gasteiger partial charge is 0.488 e. The van der Waals surface area contributed by atoms with Crippen LogP contribution in [-0.2, 0) is 6.42 Å². The predicted molar refractivity (Wildman–Crippen MR) is 101 cm³/mol. The summed E-state index contributed by atoms with van der Waals surface area (Å²) in [7, 11) is 0. The van der Waals surface area contributed by atoms with Crippen molar-refractivity contribution in [2.45, 2.75) is 65.6 Å². The second-order valence-corrected chi connectivity index (χ2v) is 9.80. The first-order valence-electron chi connectivity index (χ1n) is 9.35. The summed E-state index contributed by atoms with van der Waals surface area (Å²) in [6.07, 6.45) is 1.47. The van der Waals surface area contributed by atoms with Gasteiger partial charge < -0.3 is 4.74 Å². The van der Waals surface area contributed by atoms with E-state index in [4.69, 9.17) is 4.74 Å². The molecule has 0 saturated carbocycles. The molecule has 3 heteroatoms. The Hall–Kier alpha value is -1.06. The van der Waals surface area contributed by atoms with Crippen LogP contribution in [0.1, 0.15) is 47.1 Å². The Morgan fingerprint density at radius 3 is 2.00 bits per heavy atom. The molecule has 0 aliphatic carbocycles. The molecule has 3 nitrogen and oxygen atoms in total. The highest BCUT2D eigenvalue weighted by molar-refractivity contribution is 5.28. The Morgan fingerprint density at radius 2 is 1.50 bits per heavy atom. The van der Waals surface area contributed by atoms with E-state index in [0.717, 1.165) is 31.3 Å². The van der Waals surface area contributed by atoms with E-state index in [1.165, 1.54) is 18.7 Å². The van der Waals surface area contributed by atoms with Gasteiger partial charge in [-0.3, -0.25) is 9.80 Å². The number of benzene rings is 1. The van der Waals surface area contributed by atoms with Gasteiger partial charge in [0.05, 0.1) is 0 Å². The highest BCUT2D eigenvalue weighted by atomic mass is 16.5. The minimum atomic E-state index is 0.312. The van der Waals surface area contributed by atoms with Crippen molar-refractivity contribution in [2.24, 2.45) is 5.41 Å². The molecule has 2 heterocycles. The third-order valence-corrected chi connectivity index (χ3v) is 5.16. The van der Waals surface area contributed by atoms with Crippen molar-refractivity contribution in [3.05, 3.63) is 29.8 Å². The number of rotatable bonds is 4. The van der Waals surface area contributed by atoms with E-state index in [1.807, 2.05) is 0 Å². The number of hydrogen-bond acceptors (Lipinski definition) is 3. The fraction of sp³-hybridized carbons (Fsp3) is 0.714. The molecule has 0 spiro atoms. The summed E-state index contributed by atoms with van der Waals surface area (Å²) < 4.78 is 6.12. The number of nitrogens with zero attached hydrogens (tertiary/aromatic N) is 2. The Balaban J connectivity index is 1.40. The Labute approximate surface area is 148 Å². The van der Waals surface area contributed by atoms with Crippen LogP contribution in [0.15, 0.2) is 24.3 Å². The van der Waals surface area contributed by atoms with E-state index in [2.05, 4.69) is 75.6 Å². The first-order chi connectivity index (χ1) is 11.1. The molecule has 2 saturated heterocycles. The lowest BCUT2D eigenvalue weighted by Crippen LogP contribution is -2.70. The van der Waals surface area contributed by atoms with Crippen molar-refractivity contribution in [3.8, 4) is 5.75 Å². The van der Waals surface area contributed by atoms with Crippen LogP contribution in [0.5, 0.6) is 5.75 Å². The van der Waals surface area contributed by atoms with Crippen molar-refractivity contribution in [3.63, 3.8) is 0 Å². The van der Waals surface area contributed by atoms with Gasteiger partial charge >= 0.3 is 0 Å². The van der Waals surface area contributed by atoms with E-state index in [1.54, 1.807) is 0 Å². The molecule has 1 aromatic carbocycles. The topological polar surface area (TPSA) is 15.7 Å². The summed E-state index contributed by atoms with van der Waals surface area (Å²) in [5.74, 6) is 1.02. The van der Waals surface area contributed by atoms with Gasteiger partial charge in [-0.1, -0.05) is 32.9 Å². The molecule has 1 aromatic rings. The van der Waals surface area contributed by atoms with Gasteiger partial charge in [-0.15, -0.1) is 0 Å². The van der Waals surface area contributed by atoms with Gasteiger partial charge in [-0.05, 0) is 50.3 Å². The lowest BCUT2D eigenvalue weighted by molar-refractivity contribution is -0.0838. The maximum Gasteiger partial charge on any atom is 0.124 e. The van der Waals surface area contributed by atoms with E-state index < -0.39 is 0 Å². The van der Waals surface area contributed by atoms with Crippen LogP contribution in [-0.4, -0.2) is 53.7 Å². The molecule has 0 atom stereocenters. The molecule has 0 bridgehead atoms. The summed E-state index contributed by atoms with van der Waals surface area (Å²) in [5, 5.41) is 0. The van der Waals surface area contributed by atoms with Gasteiger partial charge in [-0.2, -0.15) is 0 Å². The van der Waals surface area contributed by atoms with Crippen molar-refractivity contribution >= 4 is 0 Å². The van der Waals surface area contributed by atoms with Crippen LogP contribution in [0.4, 0.5) is 0 Å². The van der Waals surface area contributed by atoms with Gasteiger partial charge in [-0.25, -0.2) is 0 Å². The zero-order chi connectivity index (χ0) is 17.5. The minimum Gasteiger partial charge on any atom is -0.488 e. The quantitative estimate of drug-likeness (QED) is 0.835. The van der Waals surface area contributed by atoms with Gasteiger partial charge in [0.25, 0.3) is 0 Å². The van der Waals surface area contributed by atoms with Crippen LogP contribution in [0.3, 0.4) is 0 Å². The van der Waals surface area contributed by atoms with Gasteiger partial charge in [0.2, 0.25) is 0 Å². The fourth-order valence-electron chi connectivity index (χ4n) is 3.57. The molecular formula is C21H34N2O.